The Labute approximate surface area is 125 Å². The zero-order valence-electron chi connectivity index (χ0n) is 12.7. The third-order valence-corrected chi connectivity index (χ3v) is 3.09. The number of carbonyl (C=O) groups is 1. The van der Waals surface area contributed by atoms with Gasteiger partial charge in [0.15, 0.2) is 0 Å². The summed E-state index contributed by atoms with van der Waals surface area (Å²) in [6.07, 6.45) is 1.93. The number of benzene rings is 1. The van der Waals surface area contributed by atoms with E-state index in [1.54, 1.807) is 0 Å². The molecule has 0 spiro atoms. The van der Waals surface area contributed by atoms with E-state index in [9.17, 15) is 9.18 Å². The number of carbonyl (C=O) groups excluding carboxylic acids is 1. The van der Waals surface area contributed by atoms with Crippen molar-refractivity contribution in [2.75, 3.05) is 6.61 Å². The van der Waals surface area contributed by atoms with Crippen LogP contribution < -0.4 is 5.32 Å². The molecule has 0 aromatic heterocycles. The van der Waals surface area contributed by atoms with E-state index in [4.69, 9.17) is 5.11 Å². The third-order valence-electron chi connectivity index (χ3n) is 3.09. The van der Waals surface area contributed by atoms with Gasteiger partial charge in [0.1, 0.15) is 12.4 Å². The van der Waals surface area contributed by atoms with Crippen LogP contribution in [0.15, 0.2) is 18.2 Å². The summed E-state index contributed by atoms with van der Waals surface area (Å²) in [5.74, 6) is 4.62. The van der Waals surface area contributed by atoms with Crippen LogP contribution in [-0.4, -0.2) is 23.7 Å². The number of aliphatic hydroxyl groups is 1. The van der Waals surface area contributed by atoms with Gasteiger partial charge in [-0.1, -0.05) is 25.7 Å². The molecule has 1 atom stereocenters. The first-order chi connectivity index (χ1) is 9.93. The van der Waals surface area contributed by atoms with Gasteiger partial charge in [0, 0.05) is 11.6 Å². The van der Waals surface area contributed by atoms with Crippen LogP contribution in [0.5, 0.6) is 0 Å². The van der Waals surface area contributed by atoms with Gasteiger partial charge in [-0.15, -0.1) is 0 Å². The van der Waals surface area contributed by atoms with E-state index in [0.717, 1.165) is 12.8 Å². The van der Waals surface area contributed by atoms with E-state index in [0.29, 0.717) is 5.92 Å². The summed E-state index contributed by atoms with van der Waals surface area (Å²) in [7, 11) is 0. The molecule has 0 aliphatic heterocycles. The molecule has 3 nitrogen and oxygen atoms in total. The number of amides is 1. The van der Waals surface area contributed by atoms with Gasteiger partial charge in [-0.3, -0.25) is 4.79 Å². The summed E-state index contributed by atoms with van der Waals surface area (Å²) >= 11 is 0. The second-order valence-electron chi connectivity index (χ2n) is 5.50. The highest BCUT2D eigenvalue weighted by Crippen LogP contribution is 2.11. The Morgan fingerprint density at radius 1 is 1.33 bits per heavy atom. The van der Waals surface area contributed by atoms with Crippen LogP contribution in [0.4, 0.5) is 4.39 Å². The molecular formula is C17H22FNO2. The molecule has 21 heavy (non-hydrogen) atoms. The maximum Gasteiger partial charge on any atom is 0.251 e. The highest BCUT2D eigenvalue weighted by molar-refractivity contribution is 5.94. The fraction of sp³-hybridized carbons (Fsp3) is 0.471. The first-order valence-corrected chi connectivity index (χ1v) is 7.14. The van der Waals surface area contributed by atoms with Gasteiger partial charge in [0.2, 0.25) is 0 Å². The Bertz CT molecular complexity index is 543. The maximum atomic E-state index is 13.8. The van der Waals surface area contributed by atoms with Gasteiger partial charge in [-0.25, -0.2) is 4.39 Å². The fourth-order valence-corrected chi connectivity index (χ4v) is 1.86. The standard InChI is InChI=1S/C17H22FNO2/c1-12(2)6-7-13(3)19-17(21)15-9-8-14(5-4-10-20)16(18)11-15/h8-9,11-13,20H,6-7,10H2,1-3H3,(H,19,21). The van der Waals surface area contributed by atoms with Crippen LogP contribution in [0.3, 0.4) is 0 Å². The number of rotatable bonds is 5. The normalized spacial score (nSPS) is 11.7. The van der Waals surface area contributed by atoms with Gasteiger partial charge in [-0.05, 0) is 43.9 Å². The van der Waals surface area contributed by atoms with Crippen molar-refractivity contribution < 1.29 is 14.3 Å². The Balaban J connectivity index is 2.68. The molecule has 114 valence electrons. The van der Waals surface area contributed by atoms with E-state index < -0.39 is 5.82 Å². The number of hydrogen-bond acceptors (Lipinski definition) is 2. The molecular weight excluding hydrogens is 269 g/mol. The average molecular weight is 291 g/mol. The SMILES string of the molecule is CC(C)CCC(C)NC(=O)c1ccc(C#CCO)c(F)c1. The molecule has 1 rings (SSSR count). The van der Waals surface area contributed by atoms with Crippen LogP contribution in [0.25, 0.3) is 0 Å². The zero-order chi connectivity index (χ0) is 15.8. The van der Waals surface area contributed by atoms with Gasteiger partial charge >= 0.3 is 0 Å². The first-order valence-electron chi connectivity index (χ1n) is 7.14. The van der Waals surface area contributed by atoms with E-state index in [-0.39, 0.29) is 29.7 Å². The first kappa shape index (κ1) is 17.2. The minimum atomic E-state index is -0.557. The van der Waals surface area contributed by atoms with Crippen molar-refractivity contribution in [1.29, 1.82) is 0 Å². The molecule has 0 heterocycles. The van der Waals surface area contributed by atoms with Crippen molar-refractivity contribution in [1.82, 2.24) is 5.32 Å². The summed E-state index contributed by atoms with van der Waals surface area (Å²) in [6.45, 7) is 5.89. The van der Waals surface area contributed by atoms with E-state index in [2.05, 4.69) is 31.0 Å². The van der Waals surface area contributed by atoms with Crippen molar-refractivity contribution in [3.63, 3.8) is 0 Å². The largest absolute Gasteiger partial charge is 0.384 e. The molecule has 0 aliphatic carbocycles. The van der Waals surface area contributed by atoms with Gasteiger partial charge in [0.25, 0.3) is 5.91 Å². The Morgan fingerprint density at radius 3 is 2.62 bits per heavy atom. The van der Waals surface area contributed by atoms with E-state index >= 15 is 0 Å². The smallest absolute Gasteiger partial charge is 0.251 e. The molecule has 0 bridgehead atoms. The minimum Gasteiger partial charge on any atom is -0.384 e. The molecule has 1 amide bonds. The van der Waals surface area contributed by atoms with Crippen molar-refractivity contribution in [3.8, 4) is 11.8 Å². The molecule has 2 N–H and O–H groups in total. The van der Waals surface area contributed by atoms with Crippen molar-refractivity contribution in [3.05, 3.63) is 35.1 Å². The van der Waals surface area contributed by atoms with Crippen LogP contribution in [0, 0.1) is 23.6 Å². The molecule has 1 aromatic rings. The average Bonchev–Trinajstić information content (AvgIpc) is 2.43. The highest BCUT2D eigenvalue weighted by atomic mass is 19.1. The van der Waals surface area contributed by atoms with Crippen LogP contribution in [-0.2, 0) is 0 Å². The predicted octanol–water partition coefficient (Wildman–Crippen LogP) is 2.72. The number of halogens is 1. The lowest BCUT2D eigenvalue weighted by Gasteiger charge is -2.15. The molecule has 0 radical (unpaired) electrons. The number of nitrogens with one attached hydrogen (secondary N) is 1. The molecule has 1 aromatic carbocycles. The second-order valence-corrected chi connectivity index (χ2v) is 5.50. The summed E-state index contributed by atoms with van der Waals surface area (Å²) in [5.41, 5.74) is 0.451. The molecule has 1 unspecified atom stereocenters. The summed E-state index contributed by atoms with van der Waals surface area (Å²) in [5, 5.41) is 11.4. The second kappa shape index (κ2) is 8.43. The van der Waals surface area contributed by atoms with Crippen molar-refractivity contribution in [2.24, 2.45) is 5.92 Å². The fourth-order valence-electron chi connectivity index (χ4n) is 1.86. The quantitative estimate of drug-likeness (QED) is 0.820. The lowest BCUT2D eigenvalue weighted by molar-refractivity contribution is 0.0936. The van der Waals surface area contributed by atoms with E-state index in [1.165, 1.54) is 18.2 Å². The third kappa shape index (κ3) is 5.97. The molecule has 0 saturated carbocycles. The Hall–Kier alpha value is -1.86. The van der Waals surface area contributed by atoms with Crippen molar-refractivity contribution >= 4 is 5.91 Å². The molecule has 0 aliphatic rings. The van der Waals surface area contributed by atoms with Gasteiger partial charge < -0.3 is 10.4 Å². The lowest BCUT2D eigenvalue weighted by Crippen LogP contribution is -2.32. The molecule has 0 fully saturated rings. The number of aliphatic hydroxyl groups excluding tert-OH is 1. The van der Waals surface area contributed by atoms with E-state index in [1.807, 2.05) is 6.92 Å². The Morgan fingerprint density at radius 2 is 2.05 bits per heavy atom. The molecule has 4 heteroatoms. The van der Waals surface area contributed by atoms with Crippen LogP contribution >= 0.6 is 0 Å². The minimum absolute atomic E-state index is 0.0526. The molecule has 0 saturated heterocycles. The van der Waals surface area contributed by atoms with Crippen LogP contribution in [0.1, 0.15) is 49.5 Å². The lowest BCUT2D eigenvalue weighted by atomic mass is 10.0. The maximum absolute atomic E-state index is 13.8. The topological polar surface area (TPSA) is 49.3 Å². The summed E-state index contributed by atoms with van der Waals surface area (Å²) < 4.78 is 13.8. The van der Waals surface area contributed by atoms with Crippen molar-refractivity contribution in [2.45, 2.75) is 39.7 Å². The monoisotopic (exact) mass is 291 g/mol. The van der Waals surface area contributed by atoms with Gasteiger partial charge in [0.05, 0.1) is 5.56 Å². The van der Waals surface area contributed by atoms with Crippen LogP contribution in [0.2, 0.25) is 0 Å². The number of hydrogen-bond donors (Lipinski definition) is 2. The summed E-state index contributed by atoms with van der Waals surface area (Å²) in [4.78, 5) is 12.0. The summed E-state index contributed by atoms with van der Waals surface area (Å²) in [6, 6.07) is 4.21. The zero-order valence-corrected chi connectivity index (χ0v) is 12.7. The van der Waals surface area contributed by atoms with Gasteiger partial charge in [-0.2, -0.15) is 0 Å². The predicted molar refractivity (Wildman–Crippen MR) is 81.4 cm³/mol. The highest BCUT2D eigenvalue weighted by Gasteiger charge is 2.12. The Kier molecular flexibility index (Phi) is 6.90.